The molecule has 0 aliphatic heterocycles. The van der Waals surface area contributed by atoms with Gasteiger partial charge in [0.2, 0.25) is 0 Å². The minimum absolute atomic E-state index is 0. The van der Waals surface area contributed by atoms with Gasteiger partial charge in [-0.25, -0.2) is 0 Å². The van der Waals surface area contributed by atoms with Crippen molar-refractivity contribution >= 4 is 0 Å². The van der Waals surface area contributed by atoms with Crippen molar-refractivity contribution in [1.29, 1.82) is 0 Å². The van der Waals surface area contributed by atoms with Crippen LogP contribution < -0.4 is 0 Å². The summed E-state index contributed by atoms with van der Waals surface area (Å²) in [6, 6.07) is 0. The van der Waals surface area contributed by atoms with Gasteiger partial charge in [0.25, 0.3) is 0 Å². The minimum atomic E-state index is 0. The summed E-state index contributed by atoms with van der Waals surface area (Å²) in [5.74, 6) is 0. The van der Waals surface area contributed by atoms with E-state index >= 15 is 0 Å². The van der Waals surface area contributed by atoms with Crippen LogP contribution in [0, 0.1) is 0 Å². The van der Waals surface area contributed by atoms with Crippen molar-refractivity contribution < 1.29 is 872 Å². The molecular weight excluding hydrogens is 3060 g/mol. The number of hydrogen-bond acceptors (Lipinski definition) is 0. The Hall–Kier alpha value is 26.3. The molecule has 0 N–H and O–H groups in total. The molecule has 0 rings (SSSR count). The van der Waals surface area contributed by atoms with E-state index in [1.807, 2.05) is 0 Å². The standard InChI is InChI=1S/52Co. The summed E-state index contributed by atoms with van der Waals surface area (Å²) < 4.78 is 0. The summed E-state index contributed by atoms with van der Waals surface area (Å²) in [4.78, 5) is 0. The van der Waals surface area contributed by atoms with Crippen LogP contribution in [0.2, 0.25) is 0 Å². The van der Waals surface area contributed by atoms with E-state index in [-0.39, 0.29) is 872 Å². The van der Waals surface area contributed by atoms with Gasteiger partial charge in [-0.1, -0.05) is 0 Å². The summed E-state index contributed by atoms with van der Waals surface area (Å²) >= 11 is 0. The topological polar surface area (TPSA) is 0 Å². The summed E-state index contributed by atoms with van der Waals surface area (Å²) in [6.45, 7) is 0. The maximum Gasteiger partial charge on any atom is 0 e. The minimum Gasteiger partial charge on any atom is 0 e. The molecule has 0 amide bonds. The predicted molar refractivity (Wildman–Crippen MR) is 0 cm³/mol. The monoisotopic (exact) mass is 3060 g/mol. The maximum absolute atomic E-state index is 0. The van der Waals surface area contributed by atoms with E-state index < -0.39 is 0 Å². The van der Waals surface area contributed by atoms with Crippen LogP contribution in [0.5, 0.6) is 0 Å². The molecule has 0 bridgehead atoms. The van der Waals surface area contributed by atoms with Crippen molar-refractivity contribution in [2.75, 3.05) is 0 Å². The average Bonchev–Trinajstić information content (AvgIpc) is 0. The molecule has 0 saturated heterocycles. The third kappa shape index (κ3) is 625. The number of rotatable bonds is 0. The van der Waals surface area contributed by atoms with E-state index in [1.54, 1.807) is 0 Å². The van der Waals surface area contributed by atoms with Crippen molar-refractivity contribution in [3.05, 3.63) is 0 Å². The zero-order valence-corrected chi connectivity index (χ0v) is 71.5. The van der Waals surface area contributed by atoms with Crippen LogP contribution >= 0.6 is 0 Å². The number of hydrogen-bond donors (Lipinski definition) is 0. The normalized spacial score (nSPS) is 0. The average molecular weight is 3060 g/mol. The maximum atomic E-state index is 0. The predicted octanol–water partition coefficient (Wildman–Crippen LogP) is -0.130. The SMILES string of the molecule is [Co].[Co].[Co].[Co].[Co].[Co].[Co].[Co].[Co].[Co].[Co].[Co].[Co].[Co].[Co].[Co].[Co].[Co].[Co].[Co].[Co].[Co].[Co].[Co].[Co].[Co].[Co].[Co].[Co].[Co].[Co].[Co].[Co].[Co].[Co].[Co].[Co].[Co].[Co].[Co].[Co].[Co].[Co].[Co].[Co].[Co].[Co].[Co].[Co].[Co].[Co].[Co]. The zero-order valence-electron chi connectivity index (χ0n) is 17.3. The molecule has 0 aliphatic carbocycles. The van der Waals surface area contributed by atoms with Gasteiger partial charge in [0, 0.05) is 872 Å². The van der Waals surface area contributed by atoms with Gasteiger partial charge < -0.3 is 0 Å². The van der Waals surface area contributed by atoms with Gasteiger partial charge >= 0.3 is 0 Å². The van der Waals surface area contributed by atoms with Crippen molar-refractivity contribution in [1.82, 2.24) is 0 Å². The van der Waals surface area contributed by atoms with Crippen LogP contribution in [-0.4, -0.2) is 0 Å². The third-order valence-electron chi connectivity index (χ3n) is 0. The zero-order chi connectivity index (χ0) is 0. The Labute approximate surface area is 850 Å². The van der Waals surface area contributed by atoms with Gasteiger partial charge in [-0.2, -0.15) is 0 Å². The van der Waals surface area contributed by atoms with E-state index in [0.717, 1.165) is 0 Å². The van der Waals surface area contributed by atoms with Gasteiger partial charge in [0.05, 0.1) is 0 Å². The Morgan fingerprint density at radius 2 is 0.0192 bits per heavy atom. The van der Waals surface area contributed by atoms with Crippen LogP contribution in [0.3, 0.4) is 0 Å². The van der Waals surface area contributed by atoms with E-state index in [4.69, 9.17) is 0 Å². The molecule has 0 saturated carbocycles. The molecule has 0 spiro atoms. The van der Waals surface area contributed by atoms with Crippen molar-refractivity contribution in [2.24, 2.45) is 0 Å². The first kappa shape index (κ1) is 675. The molecule has 0 aliphatic rings. The van der Waals surface area contributed by atoms with Gasteiger partial charge in [-0.3, -0.25) is 0 Å². The Morgan fingerprint density at radius 1 is 0.0192 bits per heavy atom. The van der Waals surface area contributed by atoms with Gasteiger partial charge in [-0.15, -0.1) is 0 Å². The van der Waals surface area contributed by atoms with Crippen LogP contribution in [0.4, 0.5) is 0 Å². The van der Waals surface area contributed by atoms with Gasteiger partial charge in [-0.05, 0) is 0 Å². The van der Waals surface area contributed by atoms with Crippen molar-refractivity contribution in [2.45, 2.75) is 0 Å². The fourth-order valence-electron chi connectivity index (χ4n) is 0. The summed E-state index contributed by atoms with van der Waals surface area (Å²) in [5.41, 5.74) is 0. The van der Waals surface area contributed by atoms with Crippen molar-refractivity contribution in [3.8, 4) is 0 Å². The quantitative estimate of drug-likeness (QED) is 0.318. The first-order valence-electron chi connectivity index (χ1n) is 0. The molecule has 52 heteroatoms. The molecule has 0 unspecified atom stereocenters. The largest absolute Gasteiger partial charge is 0 e. The molecule has 0 aromatic rings. The second-order valence-electron chi connectivity index (χ2n) is 0. The fourth-order valence-corrected chi connectivity index (χ4v) is 0. The van der Waals surface area contributed by atoms with Gasteiger partial charge in [0.15, 0.2) is 0 Å². The molecule has 0 fully saturated rings. The van der Waals surface area contributed by atoms with Gasteiger partial charge in [0.1, 0.15) is 0 Å². The Bertz CT molecular complexity index is 0. The molecule has 0 aromatic heterocycles. The first-order valence-corrected chi connectivity index (χ1v) is 0. The molecule has 0 atom stereocenters. The Kier molecular flexibility index (Phi) is 8440. The van der Waals surface area contributed by atoms with Crippen LogP contribution in [0.15, 0.2) is 0 Å². The smallest absolute Gasteiger partial charge is 0 e. The second-order valence-corrected chi connectivity index (χ2v) is 0. The second kappa shape index (κ2) is 650. The van der Waals surface area contributed by atoms with Crippen LogP contribution in [0.1, 0.15) is 0 Å². The Balaban J connectivity index is 0. The summed E-state index contributed by atoms with van der Waals surface area (Å²) in [7, 11) is 0. The van der Waals surface area contributed by atoms with E-state index in [2.05, 4.69) is 0 Å². The molecule has 52 heavy (non-hydrogen) atoms. The summed E-state index contributed by atoms with van der Waals surface area (Å²) in [5, 5.41) is 0. The van der Waals surface area contributed by atoms with E-state index in [1.165, 1.54) is 0 Å². The molecular formula is Co52. The van der Waals surface area contributed by atoms with Crippen molar-refractivity contribution in [3.63, 3.8) is 0 Å². The molecule has 0 aromatic carbocycles. The molecule has 52 radical (unpaired) electrons. The summed E-state index contributed by atoms with van der Waals surface area (Å²) in [6.07, 6.45) is 0. The Morgan fingerprint density at radius 3 is 0.0192 bits per heavy atom. The molecule has 0 heterocycles. The molecule has 468 valence electrons. The van der Waals surface area contributed by atoms with E-state index in [9.17, 15) is 0 Å². The first-order chi connectivity index (χ1) is 0. The fraction of sp³-hybridized carbons (Fsp3) is 0. The third-order valence-corrected chi connectivity index (χ3v) is 0. The van der Waals surface area contributed by atoms with E-state index in [0.29, 0.717) is 0 Å². The molecule has 0 nitrogen and oxygen atoms in total. The van der Waals surface area contributed by atoms with Crippen LogP contribution in [-0.2, 0) is 872 Å². The van der Waals surface area contributed by atoms with Crippen LogP contribution in [0.25, 0.3) is 0 Å².